The first-order chi connectivity index (χ1) is 8.99. The van der Waals surface area contributed by atoms with E-state index in [4.69, 9.17) is 15.2 Å². The molecule has 108 valence electrons. The summed E-state index contributed by atoms with van der Waals surface area (Å²) in [6, 6.07) is 5.52. The van der Waals surface area contributed by atoms with Gasteiger partial charge >= 0.3 is 0 Å². The van der Waals surface area contributed by atoms with Gasteiger partial charge in [-0.1, -0.05) is 26.8 Å². The largest absolute Gasteiger partial charge is 0.493 e. The molecule has 0 bridgehead atoms. The molecule has 1 aromatic rings. The Morgan fingerprint density at radius 2 is 1.95 bits per heavy atom. The van der Waals surface area contributed by atoms with Crippen LogP contribution < -0.4 is 15.2 Å². The number of hydrogen-bond acceptors (Lipinski definition) is 4. The lowest BCUT2D eigenvalue weighted by Crippen LogP contribution is -2.42. The average Bonchev–Trinajstić information content (AvgIpc) is 2.43. The Labute approximate surface area is 115 Å². The number of benzene rings is 1. The van der Waals surface area contributed by atoms with Crippen LogP contribution in [0, 0.1) is 5.92 Å². The van der Waals surface area contributed by atoms with Crippen molar-refractivity contribution in [1.82, 2.24) is 0 Å². The van der Waals surface area contributed by atoms with E-state index in [-0.39, 0.29) is 18.6 Å². The number of methoxy groups -OCH3 is 1. The van der Waals surface area contributed by atoms with E-state index in [1.54, 1.807) is 7.11 Å². The zero-order valence-corrected chi connectivity index (χ0v) is 12.2. The molecule has 3 N–H and O–H groups in total. The Balaban J connectivity index is 2.67. The highest BCUT2D eigenvalue weighted by atomic mass is 16.5. The van der Waals surface area contributed by atoms with Gasteiger partial charge in [-0.3, -0.25) is 0 Å². The first-order valence-electron chi connectivity index (χ1n) is 6.73. The molecular formula is C15H25NO3. The third-order valence-corrected chi connectivity index (χ3v) is 3.26. The molecule has 2 atom stereocenters. The smallest absolute Gasteiger partial charge is 0.161 e. The molecule has 0 amide bonds. The van der Waals surface area contributed by atoms with Crippen LogP contribution in [0.4, 0.5) is 0 Å². The predicted octanol–water partition coefficient (Wildman–Crippen LogP) is 1.98. The molecule has 0 aliphatic carbocycles. The van der Waals surface area contributed by atoms with Gasteiger partial charge in [0.1, 0.15) is 12.7 Å². The maximum Gasteiger partial charge on any atom is 0.161 e. The SMILES string of the molecule is CCc1ccc(OCC(O)C(N)C(C)C)c(OC)c1. The quantitative estimate of drug-likeness (QED) is 0.793. The van der Waals surface area contributed by atoms with Crippen LogP contribution >= 0.6 is 0 Å². The molecule has 4 nitrogen and oxygen atoms in total. The van der Waals surface area contributed by atoms with Crippen molar-refractivity contribution in [2.24, 2.45) is 11.7 Å². The maximum atomic E-state index is 9.92. The van der Waals surface area contributed by atoms with Crippen molar-refractivity contribution in [3.63, 3.8) is 0 Å². The monoisotopic (exact) mass is 267 g/mol. The Bertz CT molecular complexity index is 393. The minimum atomic E-state index is -0.685. The minimum Gasteiger partial charge on any atom is -0.493 e. The van der Waals surface area contributed by atoms with Gasteiger partial charge in [0.2, 0.25) is 0 Å². The second-order valence-corrected chi connectivity index (χ2v) is 5.04. The van der Waals surface area contributed by atoms with Crippen molar-refractivity contribution in [2.45, 2.75) is 39.3 Å². The fourth-order valence-corrected chi connectivity index (χ4v) is 1.78. The lowest BCUT2D eigenvalue weighted by atomic mass is 10.0. The third-order valence-electron chi connectivity index (χ3n) is 3.26. The molecule has 0 saturated carbocycles. The van der Waals surface area contributed by atoms with Crippen LogP contribution in [-0.4, -0.2) is 31.0 Å². The summed E-state index contributed by atoms with van der Waals surface area (Å²) in [6.45, 7) is 6.21. The van der Waals surface area contributed by atoms with Crippen molar-refractivity contribution < 1.29 is 14.6 Å². The number of aryl methyl sites for hydroxylation is 1. The van der Waals surface area contributed by atoms with E-state index in [1.807, 2.05) is 32.0 Å². The van der Waals surface area contributed by atoms with Crippen molar-refractivity contribution >= 4 is 0 Å². The summed E-state index contributed by atoms with van der Waals surface area (Å²) in [5, 5.41) is 9.92. The lowest BCUT2D eigenvalue weighted by molar-refractivity contribution is 0.0704. The van der Waals surface area contributed by atoms with Crippen LogP contribution in [0.25, 0.3) is 0 Å². The molecule has 0 radical (unpaired) electrons. The Kier molecular flexibility index (Phi) is 6.12. The summed E-state index contributed by atoms with van der Waals surface area (Å²) in [7, 11) is 1.61. The molecule has 0 spiro atoms. The van der Waals surface area contributed by atoms with Crippen molar-refractivity contribution in [3.8, 4) is 11.5 Å². The molecule has 0 heterocycles. The van der Waals surface area contributed by atoms with Gasteiger partial charge in [-0.15, -0.1) is 0 Å². The number of nitrogens with two attached hydrogens (primary N) is 1. The maximum absolute atomic E-state index is 9.92. The van der Waals surface area contributed by atoms with Crippen molar-refractivity contribution in [2.75, 3.05) is 13.7 Å². The number of hydrogen-bond donors (Lipinski definition) is 2. The van der Waals surface area contributed by atoms with Gasteiger partial charge in [-0.2, -0.15) is 0 Å². The zero-order valence-electron chi connectivity index (χ0n) is 12.2. The van der Waals surface area contributed by atoms with Crippen LogP contribution in [0.3, 0.4) is 0 Å². The summed E-state index contributed by atoms with van der Waals surface area (Å²) >= 11 is 0. The Hall–Kier alpha value is -1.26. The number of rotatable bonds is 7. The third kappa shape index (κ3) is 4.40. The van der Waals surface area contributed by atoms with Crippen LogP contribution in [0.15, 0.2) is 18.2 Å². The van der Waals surface area contributed by atoms with E-state index in [0.717, 1.165) is 6.42 Å². The summed E-state index contributed by atoms with van der Waals surface area (Å²) in [5.74, 6) is 1.53. The summed E-state index contributed by atoms with van der Waals surface area (Å²) < 4.78 is 10.9. The van der Waals surface area contributed by atoms with Crippen molar-refractivity contribution in [1.29, 1.82) is 0 Å². The van der Waals surface area contributed by atoms with Crippen LogP contribution in [0.5, 0.6) is 11.5 Å². The molecule has 2 unspecified atom stereocenters. The molecular weight excluding hydrogens is 242 g/mol. The van der Waals surface area contributed by atoms with Gasteiger partial charge in [0.15, 0.2) is 11.5 Å². The first-order valence-corrected chi connectivity index (χ1v) is 6.73. The molecule has 0 saturated heterocycles. The van der Waals surface area contributed by atoms with Gasteiger partial charge in [0.05, 0.1) is 7.11 Å². The summed E-state index contributed by atoms with van der Waals surface area (Å²) in [6.07, 6.45) is 0.257. The van der Waals surface area contributed by atoms with Gasteiger partial charge < -0.3 is 20.3 Å². The molecule has 0 fully saturated rings. The van der Waals surface area contributed by atoms with Gasteiger partial charge in [0.25, 0.3) is 0 Å². The van der Waals surface area contributed by atoms with E-state index >= 15 is 0 Å². The predicted molar refractivity (Wildman–Crippen MR) is 76.7 cm³/mol. The van der Waals surface area contributed by atoms with Crippen LogP contribution in [0.1, 0.15) is 26.3 Å². The topological polar surface area (TPSA) is 64.7 Å². The molecule has 0 aliphatic rings. The second kappa shape index (κ2) is 7.36. The molecule has 1 aromatic carbocycles. The van der Waals surface area contributed by atoms with E-state index in [0.29, 0.717) is 11.5 Å². The van der Waals surface area contributed by atoms with Crippen molar-refractivity contribution in [3.05, 3.63) is 23.8 Å². The lowest BCUT2D eigenvalue weighted by Gasteiger charge is -2.22. The van der Waals surface area contributed by atoms with E-state index in [1.165, 1.54) is 5.56 Å². The Morgan fingerprint density at radius 1 is 1.26 bits per heavy atom. The second-order valence-electron chi connectivity index (χ2n) is 5.04. The normalized spacial score (nSPS) is 14.3. The highest BCUT2D eigenvalue weighted by molar-refractivity contribution is 5.42. The molecule has 4 heteroatoms. The van der Waals surface area contributed by atoms with Gasteiger partial charge in [-0.25, -0.2) is 0 Å². The first kappa shape index (κ1) is 15.8. The minimum absolute atomic E-state index is 0.168. The Morgan fingerprint density at radius 3 is 2.47 bits per heavy atom. The van der Waals surface area contributed by atoms with Crippen LogP contribution in [-0.2, 0) is 6.42 Å². The average molecular weight is 267 g/mol. The summed E-state index contributed by atoms with van der Waals surface area (Å²) in [4.78, 5) is 0. The zero-order chi connectivity index (χ0) is 14.4. The number of aliphatic hydroxyl groups excluding tert-OH is 1. The summed E-state index contributed by atoms with van der Waals surface area (Å²) in [5.41, 5.74) is 7.06. The molecule has 0 aliphatic heterocycles. The number of ether oxygens (including phenoxy) is 2. The highest BCUT2D eigenvalue weighted by Crippen LogP contribution is 2.28. The fourth-order valence-electron chi connectivity index (χ4n) is 1.78. The highest BCUT2D eigenvalue weighted by Gasteiger charge is 2.19. The van der Waals surface area contributed by atoms with E-state index < -0.39 is 6.10 Å². The van der Waals surface area contributed by atoms with E-state index in [9.17, 15) is 5.11 Å². The van der Waals surface area contributed by atoms with Gasteiger partial charge in [-0.05, 0) is 30.0 Å². The van der Waals surface area contributed by atoms with Crippen LogP contribution in [0.2, 0.25) is 0 Å². The molecule has 1 rings (SSSR count). The molecule has 0 aromatic heterocycles. The molecule has 19 heavy (non-hydrogen) atoms. The van der Waals surface area contributed by atoms with Gasteiger partial charge in [0, 0.05) is 6.04 Å². The standard InChI is InChI=1S/C15H25NO3/c1-5-11-6-7-13(14(8-11)18-4)19-9-12(17)15(16)10(2)3/h6-8,10,12,15,17H,5,9,16H2,1-4H3. The number of aliphatic hydroxyl groups is 1. The van der Waals surface area contributed by atoms with E-state index in [2.05, 4.69) is 6.92 Å². The fraction of sp³-hybridized carbons (Fsp3) is 0.600.